The number of pyridine rings is 1. The van der Waals surface area contributed by atoms with Crippen molar-refractivity contribution in [2.24, 2.45) is 17.8 Å². The van der Waals surface area contributed by atoms with E-state index in [1.54, 1.807) is 24.5 Å². The van der Waals surface area contributed by atoms with Gasteiger partial charge in [0.2, 0.25) is 5.91 Å². The molecule has 2 amide bonds. The number of fused-ring (bicyclic) bond motifs is 1. The highest BCUT2D eigenvalue weighted by Gasteiger charge is 2.46. The van der Waals surface area contributed by atoms with E-state index in [2.05, 4.69) is 10.3 Å². The van der Waals surface area contributed by atoms with Crippen molar-refractivity contribution in [3.63, 3.8) is 0 Å². The fraction of sp³-hybridized carbons (Fsp3) is 0.611. The molecular weight excluding hydrogens is 322 g/mol. The summed E-state index contributed by atoms with van der Waals surface area (Å²) in [5.74, 6) is 0.602. The number of amides is 2. The number of nitrogens with one attached hydrogen (secondary N) is 1. The smallest absolute Gasteiger partial charge is 0.252 e. The first-order valence-corrected chi connectivity index (χ1v) is 8.88. The van der Waals surface area contributed by atoms with E-state index in [1.807, 2.05) is 4.90 Å². The van der Waals surface area contributed by atoms with Gasteiger partial charge in [-0.2, -0.15) is 0 Å². The third kappa shape index (κ3) is 3.39. The quantitative estimate of drug-likeness (QED) is 0.850. The fourth-order valence-electron chi connectivity index (χ4n) is 4.00. The highest BCUT2D eigenvalue weighted by atomic mass is 16.5. The SMILES string of the molecule is O=C(NC[C@H]1CO[C@@H]2CN(C(=O)[C@H]3CCOC3)C[C@H]12)c1cccnc1. The summed E-state index contributed by atoms with van der Waals surface area (Å²) in [5.41, 5.74) is 0.558. The molecule has 134 valence electrons. The molecule has 0 bridgehead atoms. The lowest BCUT2D eigenvalue weighted by Gasteiger charge is -2.22. The zero-order chi connectivity index (χ0) is 17.2. The lowest BCUT2D eigenvalue weighted by atomic mass is 9.93. The van der Waals surface area contributed by atoms with Crippen molar-refractivity contribution in [3.8, 4) is 0 Å². The summed E-state index contributed by atoms with van der Waals surface area (Å²) in [5, 5.41) is 2.97. The molecule has 0 spiro atoms. The van der Waals surface area contributed by atoms with Crippen LogP contribution in [0, 0.1) is 17.8 Å². The lowest BCUT2D eigenvalue weighted by molar-refractivity contribution is -0.135. The van der Waals surface area contributed by atoms with E-state index in [4.69, 9.17) is 9.47 Å². The Morgan fingerprint density at radius 3 is 3.00 bits per heavy atom. The zero-order valence-corrected chi connectivity index (χ0v) is 14.1. The summed E-state index contributed by atoms with van der Waals surface area (Å²) in [6.45, 7) is 3.79. The minimum absolute atomic E-state index is 0.00237. The van der Waals surface area contributed by atoms with Gasteiger partial charge in [0.15, 0.2) is 0 Å². The summed E-state index contributed by atoms with van der Waals surface area (Å²) < 4.78 is 11.2. The highest BCUT2D eigenvalue weighted by Crippen LogP contribution is 2.34. The molecule has 1 N–H and O–H groups in total. The normalized spacial score (nSPS) is 31.1. The second-order valence-corrected chi connectivity index (χ2v) is 7.05. The number of hydrogen-bond donors (Lipinski definition) is 1. The number of ether oxygens (including phenoxy) is 2. The summed E-state index contributed by atoms with van der Waals surface area (Å²) in [7, 11) is 0. The molecule has 0 radical (unpaired) electrons. The molecule has 4 heterocycles. The molecule has 1 aromatic heterocycles. The predicted molar refractivity (Wildman–Crippen MR) is 88.8 cm³/mol. The first-order valence-electron chi connectivity index (χ1n) is 8.88. The van der Waals surface area contributed by atoms with E-state index in [1.165, 1.54) is 0 Å². The summed E-state index contributed by atoms with van der Waals surface area (Å²) in [6.07, 6.45) is 4.11. The molecular formula is C18H23N3O4. The third-order valence-electron chi connectivity index (χ3n) is 5.48. The summed E-state index contributed by atoms with van der Waals surface area (Å²) in [4.78, 5) is 30.6. The van der Waals surface area contributed by atoms with Crippen LogP contribution in [0.2, 0.25) is 0 Å². The van der Waals surface area contributed by atoms with Crippen molar-refractivity contribution >= 4 is 11.8 Å². The van der Waals surface area contributed by atoms with Gasteiger partial charge in [-0.25, -0.2) is 0 Å². The Morgan fingerprint density at radius 2 is 2.24 bits per heavy atom. The van der Waals surface area contributed by atoms with Gasteiger partial charge in [0.25, 0.3) is 5.91 Å². The molecule has 7 nitrogen and oxygen atoms in total. The number of rotatable bonds is 4. The molecule has 0 aliphatic carbocycles. The van der Waals surface area contributed by atoms with Crippen LogP contribution in [0.5, 0.6) is 0 Å². The van der Waals surface area contributed by atoms with Crippen molar-refractivity contribution in [3.05, 3.63) is 30.1 Å². The summed E-state index contributed by atoms with van der Waals surface area (Å²) in [6, 6.07) is 3.49. The van der Waals surface area contributed by atoms with E-state index in [0.29, 0.717) is 50.9 Å². The van der Waals surface area contributed by atoms with E-state index >= 15 is 0 Å². The van der Waals surface area contributed by atoms with E-state index in [-0.39, 0.29) is 29.8 Å². The van der Waals surface area contributed by atoms with Crippen molar-refractivity contribution in [1.29, 1.82) is 0 Å². The minimum Gasteiger partial charge on any atom is -0.381 e. The van der Waals surface area contributed by atoms with Gasteiger partial charge >= 0.3 is 0 Å². The van der Waals surface area contributed by atoms with Crippen LogP contribution in [-0.4, -0.2) is 67.3 Å². The van der Waals surface area contributed by atoms with Crippen LogP contribution in [0.25, 0.3) is 0 Å². The van der Waals surface area contributed by atoms with Crippen LogP contribution < -0.4 is 5.32 Å². The molecule has 3 aliphatic rings. The first kappa shape index (κ1) is 16.5. The molecule has 3 aliphatic heterocycles. The van der Waals surface area contributed by atoms with Gasteiger partial charge in [-0.15, -0.1) is 0 Å². The van der Waals surface area contributed by atoms with E-state index < -0.39 is 0 Å². The van der Waals surface area contributed by atoms with Gasteiger partial charge in [-0.1, -0.05) is 0 Å². The number of carbonyl (C=O) groups excluding carboxylic acids is 2. The Bertz CT molecular complexity index is 632. The van der Waals surface area contributed by atoms with Gasteiger partial charge in [-0.3, -0.25) is 14.6 Å². The van der Waals surface area contributed by atoms with Crippen molar-refractivity contribution < 1.29 is 19.1 Å². The second kappa shape index (κ2) is 7.09. The number of carbonyl (C=O) groups is 2. The predicted octanol–water partition coefficient (Wildman–Crippen LogP) is 0.321. The Hall–Kier alpha value is -1.99. The van der Waals surface area contributed by atoms with Crippen LogP contribution in [0.1, 0.15) is 16.8 Å². The van der Waals surface area contributed by atoms with Crippen molar-refractivity contribution in [2.75, 3.05) is 39.5 Å². The fourth-order valence-corrected chi connectivity index (χ4v) is 4.00. The van der Waals surface area contributed by atoms with Crippen molar-refractivity contribution in [2.45, 2.75) is 12.5 Å². The molecule has 0 aromatic carbocycles. The Kier molecular flexibility index (Phi) is 4.67. The second-order valence-electron chi connectivity index (χ2n) is 7.05. The molecule has 3 fully saturated rings. The van der Waals surface area contributed by atoms with Crippen LogP contribution in [0.3, 0.4) is 0 Å². The van der Waals surface area contributed by atoms with Crippen LogP contribution in [0.4, 0.5) is 0 Å². The topological polar surface area (TPSA) is 80.8 Å². The van der Waals surface area contributed by atoms with Gasteiger partial charge in [0.05, 0.1) is 30.8 Å². The number of hydrogen-bond acceptors (Lipinski definition) is 5. The van der Waals surface area contributed by atoms with E-state index in [9.17, 15) is 9.59 Å². The van der Waals surface area contributed by atoms with Crippen LogP contribution in [0.15, 0.2) is 24.5 Å². The van der Waals surface area contributed by atoms with Crippen LogP contribution >= 0.6 is 0 Å². The van der Waals surface area contributed by atoms with Gasteiger partial charge in [0, 0.05) is 50.5 Å². The Morgan fingerprint density at radius 1 is 1.32 bits per heavy atom. The lowest BCUT2D eigenvalue weighted by Crippen LogP contribution is -2.38. The van der Waals surface area contributed by atoms with Gasteiger partial charge < -0.3 is 19.7 Å². The van der Waals surface area contributed by atoms with E-state index in [0.717, 1.165) is 6.42 Å². The number of likely N-dealkylation sites (tertiary alicyclic amines) is 1. The van der Waals surface area contributed by atoms with Gasteiger partial charge in [0.1, 0.15) is 0 Å². The summed E-state index contributed by atoms with van der Waals surface area (Å²) >= 11 is 0. The molecule has 25 heavy (non-hydrogen) atoms. The molecule has 7 heteroatoms. The maximum Gasteiger partial charge on any atom is 0.252 e. The molecule has 4 atom stereocenters. The average molecular weight is 345 g/mol. The molecule has 3 saturated heterocycles. The molecule has 4 rings (SSSR count). The Labute approximate surface area is 146 Å². The largest absolute Gasteiger partial charge is 0.381 e. The number of aromatic nitrogens is 1. The average Bonchev–Trinajstić information content (AvgIpc) is 3.37. The number of nitrogens with zero attached hydrogens (tertiary/aromatic N) is 2. The standard InChI is InChI=1S/C18H23N3O4/c22-17(12-2-1-4-19-6-12)20-7-14-11-25-16-9-21(8-15(14)16)18(23)13-3-5-24-10-13/h1-2,4,6,13-16H,3,5,7-11H2,(H,20,22)/t13-,14-,15+,16+/m0/s1. The highest BCUT2D eigenvalue weighted by molar-refractivity contribution is 5.93. The zero-order valence-electron chi connectivity index (χ0n) is 14.1. The minimum atomic E-state index is -0.120. The maximum absolute atomic E-state index is 12.6. The first-order chi connectivity index (χ1) is 12.2. The maximum atomic E-state index is 12.6. The molecule has 0 unspecified atom stereocenters. The third-order valence-corrected chi connectivity index (χ3v) is 5.48. The Balaban J connectivity index is 1.31. The monoisotopic (exact) mass is 345 g/mol. The van der Waals surface area contributed by atoms with Crippen LogP contribution in [-0.2, 0) is 14.3 Å². The molecule has 0 saturated carbocycles. The van der Waals surface area contributed by atoms with Gasteiger partial charge in [-0.05, 0) is 18.6 Å². The molecule has 1 aromatic rings. The van der Waals surface area contributed by atoms with Crippen molar-refractivity contribution in [1.82, 2.24) is 15.2 Å².